The molecule has 9 heteroatoms. The minimum Gasteiger partial charge on any atom is -0.354 e. The van der Waals surface area contributed by atoms with Crippen molar-refractivity contribution in [2.75, 3.05) is 23.7 Å². The van der Waals surface area contributed by atoms with Crippen LogP contribution in [0.25, 0.3) is 0 Å². The highest BCUT2D eigenvalue weighted by molar-refractivity contribution is 9.10. The molecule has 0 saturated heterocycles. The predicted molar refractivity (Wildman–Crippen MR) is 140 cm³/mol. The first-order valence-corrected chi connectivity index (χ1v) is 13.8. The zero-order valence-electron chi connectivity index (χ0n) is 20.6. The lowest BCUT2D eigenvalue weighted by Gasteiger charge is -2.32. The molecular formula is C25H34BrN3O4S. The zero-order chi connectivity index (χ0) is 25.6. The summed E-state index contributed by atoms with van der Waals surface area (Å²) in [6, 6.07) is 12.0. The van der Waals surface area contributed by atoms with Crippen molar-refractivity contribution >= 4 is 43.5 Å². The summed E-state index contributed by atoms with van der Waals surface area (Å²) in [5, 5.41) is 2.87. The number of nitrogens with one attached hydrogen (secondary N) is 1. The summed E-state index contributed by atoms with van der Waals surface area (Å²) < 4.78 is 27.4. The Hall–Kier alpha value is -2.39. The molecular weight excluding hydrogens is 518 g/mol. The van der Waals surface area contributed by atoms with Crippen LogP contribution in [0.3, 0.4) is 0 Å². The van der Waals surface area contributed by atoms with E-state index in [1.165, 1.54) is 4.90 Å². The highest BCUT2D eigenvalue weighted by atomic mass is 79.9. The number of anilines is 1. The fourth-order valence-electron chi connectivity index (χ4n) is 3.47. The standard InChI is InChI=1S/C25H34BrN3O4S/c1-17(2)14-27-25(31)20(5)28(15-21-10-8-11-22(26)13-21)24(30)16-29(34(6,32)33)23-12-7-9-18(3)19(23)4/h7-13,17,20H,14-16H2,1-6H3,(H,27,31)/t20-/m0/s1. The summed E-state index contributed by atoms with van der Waals surface area (Å²) >= 11 is 3.44. The fraction of sp³-hybridized carbons (Fsp3) is 0.440. The van der Waals surface area contributed by atoms with Gasteiger partial charge in [-0.3, -0.25) is 13.9 Å². The number of aryl methyl sites for hydroxylation is 1. The molecule has 0 spiro atoms. The van der Waals surface area contributed by atoms with E-state index in [4.69, 9.17) is 0 Å². The maximum atomic E-state index is 13.6. The molecule has 0 fully saturated rings. The van der Waals surface area contributed by atoms with E-state index in [-0.39, 0.29) is 18.4 Å². The molecule has 2 amide bonds. The lowest BCUT2D eigenvalue weighted by atomic mass is 10.1. The Balaban J connectivity index is 2.41. The number of amides is 2. The normalized spacial score (nSPS) is 12.4. The largest absolute Gasteiger partial charge is 0.354 e. The van der Waals surface area contributed by atoms with Crippen LogP contribution in [0.2, 0.25) is 0 Å². The highest BCUT2D eigenvalue weighted by Crippen LogP contribution is 2.25. The van der Waals surface area contributed by atoms with Crippen LogP contribution in [0.4, 0.5) is 5.69 Å². The number of carbonyl (C=O) groups is 2. The monoisotopic (exact) mass is 551 g/mol. The first kappa shape index (κ1) is 27.9. The van der Waals surface area contributed by atoms with E-state index in [1.807, 2.05) is 58.0 Å². The third-order valence-electron chi connectivity index (χ3n) is 5.62. The fourth-order valence-corrected chi connectivity index (χ4v) is 4.81. The van der Waals surface area contributed by atoms with Gasteiger partial charge in [-0.2, -0.15) is 0 Å². The molecule has 0 heterocycles. The van der Waals surface area contributed by atoms with E-state index >= 15 is 0 Å². The Labute approximate surface area is 211 Å². The third-order valence-corrected chi connectivity index (χ3v) is 7.24. The van der Waals surface area contributed by atoms with Crippen LogP contribution < -0.4 is 9.62 Å². The second-order valence-corrected chi connectivity index (χ2v) is 11.8. The quantitative estimate of drug-likeness (QED) is 0.483. The number of carbonyl (C=O) groups excluding carboxylic acids is 2. The Bertz CT molecular complexity index is 1130. The molecule has 0 saturated carbocycles. The highest BCUT2D eigenvalue weighted by Gasteiger charge is 2.30. The van der Waals surface area contributed by atoms with E-state index in [9.17, 15) is 18.0 Å². The number of rotatable bonds is 10. The van der Waals surface area contributed by atoms with Crippen LogP contribution in [0.5, 0.6) is 0 Å². The van der Waals surface area contributed by atoms with Crippen LogP contribution >= 0.6 is 15.9 Å². The van der Waals surface area contributed by atoms with Gasteiger partial charge in [0.05, 0.1) is 11.9 Å². The third kappa shape index (κ3) is 7.56. The van der Waals surface area contributed by atoms with E-state index in [0.29, 0.717) is 12.2 Å². The molecule has 2 rings (SSSR count). The molecule has 0 aliphatic carbocycles. The molecule has 0 aliphatic heterocycles. The molecule has 1 N–H and O–H groups in total. The van der Waals surface area contributed by atoms with Gasteiger partial charge >= 0.3 is 0 Å². The first-order chi connectivity index (χ1) is 15.8. The Kier molecular flexibility index (Phi) is 9.70. The molecule has 2 aromatic carbocycles. The van der Waals surface area contributed by atoms with Gasteiger partial charge in [0.15, 0.2) is 0 Å². The second kappa shape index (κ2) is 11.8. The molecule has 1 atom stereocenters. The van der Waals surface area contributed by atoms with Crippen LogP contribution in [-0.2, 0) is 26.2 Å². The van der Waals surface area contributed by atoms with Gasteiger partial charge in [-0.1, -0.05) is 54.0 Å². The molecule has 34 heavy (non-hydrogen) atoms. The maximum absolute atomic E-state index is 13.6. The number of hydrogen-bond donors (Lipinski definition) is 1. The van der Waals surface area contributed by atoms with Crippen molar-refractivity contribution in [2.45, 2.75) is 47.2 Å². The van der Waals surface area contributed by atoms with Crippen LogP contribution in [0.15, 0.2) is 46.9 Å². The number of nitrogens with zero attached hydrogens (tertiary/aromatic N) is 2. The smallest absolute Gasteiger partial charge is 0.244 e. The maximum Gasteiger partial charge on any atom is 0.244 e. The summed E-state index contributed by atoms with van der Waals surface area (Å²) in [5.41, 5.74) is 2.98. The number of benzene rings is 2. The molecule has 7 nitrogen and oxygen atoms in total. The van der Waals surface area contributed by atoms with Crippen molar-refractivity contribution in [3.63, 3.8) is 0 Å². The first-order valence-electron chi connectivity index (χ1n) is 11.2. The van der Waals surface area contributed by atoms with Gasteiger partial charge in [0.25, 0.3) is 0 Å². The van der Waals surface area contributed by atoms with Gasteiger partial charge < -0.3 is 10.2 Å². The molecule has 0 radical (unpaired) electrons. The number of halogens is 1. The molecule has 0 aliphatic rings. The van der Waals surface area contributed by atoms with Crippen LogP contribution in [-0.4, -0.2) is 50.5 Å². The molecule has 0 aromatic heterocycles. The van der Waals surface area contributed by atoms with Gasteiger partial charge in [0, 0.05) is 17.6 Å². The van der Waals surface area contributed by atoms with Crippen molar-refractivity contribution in [1.29, 1.82) is 0 Å². The van der Waals surface area contributed by atoms with Gasteiger partial charge in [0.2, 0.25) is 21.8 Å². The van der Waals surface area contributed by atoms with E-state index < -0.39 is 28.5 Å². The average molecular weight is 553 g/mol. The van der Waals surface area contributed by atoms with Gasteiger partial charge in [-0.05, 0) is 61.6 Å². The van der Waals surface area contributed by atoms with Gasteiger partial charge in [0.1, 0.15) is 12.6 Å². The SMILES string of the molecule is Cc1cccc(N(CC(=O)N(Cc2cccc(Br)c2)[C@@H](C)C(=O)NCC(C)C)S(C)(=O)=O)c1C. The zero-order valence-corrected chi connectivity index (χ0v) is 23.0. The summed E-state index contributed by atoms with van der Waals surface area (Å²) in [4.78, 5) is 27.9. The van der Waals surface area contributed by atoms with Crippen LogP contribution in [0, 0.1) is 19.8 Å². The van der Waals surface area contributed by atoms with E-state index in [1.54, 1.807) is 19.1 Å². The Morgan fingerprint density at radius 2 is 1.71 bits per heavy atom. The topological polar surface area (TPSA) is 86.8 Å². The van der Waals surface area contributed by atoms with E-state index in [2.05, 4.69) is 21.2 Å². The Morgan fingerprint density at radius 3 is 2.29 bits per heavy atom. The lowest BCUT2D eigenvalue weighted by molar-refractivity contribution is -0.139. The predicted octanol–water partition coefficient (Wildman–Crippen LogP) is 4.02. The molecule has 0 bridgehead atoms. The summed E-state index contributed by atoms with van der Waals surface area (Å²) in [7, 11) is -3.76. The number of sulfonamides is 1. The van der Waals surface area contributed by atoms with E-state index in [0.717, 1.165) is 31.7 Å². The minimum absolute atomic E-state index is 0.166. The van der Waals surface area contributed by atoms with Gasteiger partial charge in [-0.25, -0.2) is 8.42 Å². The van der Waals surface area contributed by atoms with Crippen molar-refractivity contribution in [3.05, 3.63) is 63.6 Å². The summed E-state index contributed by atoms with van der Waals surface area (Å²) in [6.45, 7) is 9.61. The minimum atomic E-state index is -3.76. The summed E-state index contributed by atoms with van der Waals surface area (Å²) in [5.74, 6) is -0.483. The van der Waals surface area contributed by atoms with Crippen molar-refractivity contribution in [2.24, 2.45) is 5.92 Å². The van der Waals surface area contributed by atoms with Crippen molar-refractivity contribution < 1.29 is 18.0 Å². The second-order valence-electron chi connectivity index (χ2n) is 8.96. The number of hydrogen-bond acceptors (Lipinski definition) is 4. The van der Waals surface area contributed by atoms with Crippen molar-refractivity contribution in [3.8, 4) is 0 Å². The molecule has 186 valence electrons. The molecule has 0 unspecified atom stereocenters. The van der Waals surface area contributed by atoms with Gasteiger partial charge in [-0.15, -0.1) is 0 Å². The Morgan fingerprint density at radius 1 is 1.06 bits per heavy atom. The summed E-state index contributed by atoms with van der Waals surface area (Å²) in [6.07, 6.45) is 1.08. The molecule has 2 aromatic rings. The lowest BCUT2D eigenvalue weighted by Crippen LogP contribution is -2.51. The average Bonchev–Trinajstić information content (AvgIpc) is 2.75. The van der Waals surface area contributed by atoms with Crippen LogP contribution in [0.1, 0.15) is 37.5 Å². The van der Waals surface area contributed by atoms with Crippen molar-refractivity contribution in [1.82, 2.24) is 10.2 Å².